The van der Waals surface area contributed by atoms with Crippen LogP contribution in [0.3, 0.4) is 0 Å². The number of ether oxygens (including phenoxy) is 2. The lowest BCUT2D eigenvalue weighted by Crippen LogP contribution is -2.14. The topological polar surface area (TPSA) is 55.8 Å². The average Bonchev–Trinajstić information content (AvgIpc) is 2.59. The zero-order valence-electron chi connectivity index (χ0n) is 12.8. The number of aliphatic hydroxyl groups is 1. The SMILES string of the molecule is COc1ccc(C(=O)C(CCO)c2ccc(OC)cc2)cc1. The van der Waals surface area contributed by atoms with Crippen molar-refractivity contribution in [3.05, 3.63) is 59.7 Å². The van der Waals surface area contributed by atoms with Gasteiger partial charge in [0.25, 0.3) is 0 Å². The summed E-state index contributed by atoms with van der Waals surface area (Å²) in [7, 11) is 3.19. The molecule has 0 fully saturated rings. The molecule has 2 aromatic carbocycles. The molecule has 0 aliphatic carbocycles. The van der Waals surface area contributed by atoms with Crippen molar-refractivity contribution in [1.82, 2.24) is 0 Å². The molecule has 0 aromatic heterocycles. The maximum Gasteiger partial charge on any atom is 0.170 e. The summed E-state index contributed by atoms with van der Waals surface area (Å²) < 4.78 is 10.2. The number of hydrogen-bond donors (Lipinski definition) is 1. The number of methoxy groups -OCH3 is 2. The highest BCUT2D eigenvalue weighted by atomic mass is 16.5. The number of ketones is 1. The van der Waals surface area contributed by atoms with E-state index in [1.807, 2.05) is 24.3 Å². The van der Waals surface area contributed by atoms with Crippen LogP contribution >= 0.6 is 0 Å². The van der Waals surface area contributed by atoms with Gasteiger partial charge in [-0.1, -0.05) is 12.1 Å². The Kier molecular flexibility index (Phi) is 5.55. The largest absolute Gasteiger partial charge is 0.497 e. The van der Waals surface area contributed by atoms with Gasteiger partial charge in [0.2, 0.25) is 0 Å². The van der Waals surface area contributed by atoms with Crippen LogP contribution in [0.15, 0.2) is 48.5 Å². The van der Waals surface area contributed by atoms with Crippen LogP contribution in [0.1, 0.15) is 28.3 Å². The summed E-state index contributed by atoms with van der Waals surface area (Å²) in [6.07, 6.45) is 0.386. The summed E-state index contributed by atoms with van der Waals surface area (Å²) in [5.74, 6) is 1.06. The smallest absolute Gasteiger partial charge is 0.170 e. The highest BCUT2D eigenvalue weighted by molar-refractivity contribution is 6.01. The first-order valence-corrected chi connectivity index (χ1v) is 7.12. The number of hydrogen-bond acceptors (Lipinski definition) is 4. The van der Waals surface area contributed by atoms with Crippen molar-refractivity contribution in [2.45, 2.75) is 12.3 Å². The van der Waals surface area contributed by atoms with E-state index in [4.69, 9.17) is 9.47 Å². The van der Waals surface area contributed by atoms with Crippen molar-refractivity contribution >= 4 is 5.78 Å². The van der Waals surface area contributed by atoms with Gasteiger partial charge in [0.15, 0.2) is 5.78 Å². The lowest BCUT2D eigenvalue weighted by Gasteiger charge is -2.16. The van der Waals surface area contributed by atoms with Gasteiger partial charge in [-0.3, -0.25) is 4.79 Å². The van der Waals surface area contributed by atoms with E-state index < -0.39 is 0 Å². The Hall–Kier alpha value is -2.33. The van der Waals surface area contributed by atoms with Gasteiger partial charge < -0.3 is 14.6 Å². The molecule has 2 aromatic rings. The molecule has 4 heteroatoms. The maximum atomic E-state index is 12.7. The molecule has 2 rings (SSSR count). The van der Waals surface area contributed by atoms with Gasteiger partial charge in [0.1, 0.15) is 11.5 Å². The number of carbonyl (C=O) groups is 1. The summed E-state index contributed by atoms with van der Waals surface area (Å²) in [6.45, 7) is -0.0431. The summed E-state index contributed by atoms with van der Waals surface area (Å²) in [6, 6.07) is 14.4. The van der Waals surface area contributed by atoms with Crippen molar-refractivity contribution in [1.29, 1.82) is 0 Å². The molecule has 116 valence electrons. The lowest BCUT2D eigenvalue weighted by atomic mass is 9.88. The molecule has 0 saturated heterocycles. The summed E-state index contributed by atoms with van der Waals surface area (Å²) >= 11 is 0. The van der Waals surface area contributed by atoms with Crippen molar-refractivity contribution in [3.63, 3.8) is 0 Å². The molecule has 1 N–H and O–H groups in total. The van der Waals surface area contributed by atoms with Crippen molar-refractivity contribution in [2.24, 2.45) is 0 Å². The zero-order valence-corrected chi connectivity index (χ0v) is 12.8. The molecular weight excluding hydrogens is 280 g/mol. The van der Waals surface area contributed by atoms with E-state index in [2.05, 4.69) is 0 Å². The Bertz CT molecular complexity index is 602. The van der Waals surface area contributed by atoms with Gasteiger partial charge in [0, 0.05) is 18.1 Å². The Morgan fingerprint density at radius 2 is 1.45 bits per heavy atom. The van der Waals surface area contributed by atoms with Crippen LogP contribution in [-0.2, 0) is 0 Å². The Labute approximate surface area is 130 Å². The molecule has 0 saturated carbocycles. The molecule has 1 unspecified atom stereocenters. The minimum atomic E-state index is -0.371. The number of aliphatic hydroxyl groups excluding tert-OH is 1. The minimum Gasteiger partial charge on any atom is -0.497 e. The molecule has 0 spiro atoms. The second kappa shape index (κ2) is 7.61. The molecule has 22 heavy (non-hydrogen) atoms. The first-order chi connectivity index (χ1) is 10.7. The molecule has 4 nitrogen and oxygen atoms in total. The summed E-state index contributed by atoms with van der Waals surface area (Å²) in [5, 5.41) is 9.28. The van der Waals surface area contributed by atoms with E-state index in [9.17, 15) is 9.90 Å². The summed E-state index contributed by atoms with van der Waals surface area (Å²) in [4.78, 5) is 12.7. The van der Waals surface area contributed by atoms with E-state index >= 15 is 0 Å². The van der Waals surface area contributed by atoms with Crippen LogP contribution in [0.4, 0.5) is 0 Å². The van der Waals surface area contributed by atoms with Crippen molar-refractivity contribution in [2.75, 3.05) is 20.8 Å². The fraction of sp³-hybridized carbons (Fsp3) is 0.278. The molecule has 0 radical (unpaired) electrons. The Balaban J connectivity index is 2.26. The number of carbonyl (C=O) groups excluding carboxylic acids is 1. The number of rotatable bonds is 7. The fourth-order valence-corrected chi connectivity index (χ4v) is 2.37. The van der Waals surface area contributed by atoms with Crippen molar-refractivity contribution < 1.29 is 19.4 Å². The van der Waals surface area contributed by atoms with E-state index in [0.29, 0.717) is 17.7 Å². The fourth-order valence-electron chi connectivity index (χ4n) is 2.37. The van der Waals surface area contributed by atoms with Crippen LogP contribution in [0.25, 0.3) is 0 Å². The van der Waals surface area contributed by atoms with E-state index in [0.717, 1.165) is 11.3 Å². The zero-order chi connectivity index (χ0) is 15.9. The molecule has 0 amide bonds. The minimum absolute atomic E-state index is 0.0122. The van der Waals surface area contributed by atoms with Crippen LogP contribution in [0.2, 0.25) is 0 Å². The van der Waals surface area contributed by atoms with E-state index in [-0.39, 0.29) is 18.3 Å². The standard InChI is InChI=1S/C18H20O4/c1-21-15-7-3-13(4-8-15)17(11-12-19)18(20)14-5-9-16(22-2)10-6-14/h3-10,17,19H,11-12H2,1-2H3. The molecule has 0 aliphatic rings. The predicted molar refractivity (Wildman–Crippen MR) is 84.8 cm³/mol. The van der Waals surface area contributed by atoms with E-state index in [1.165, 1.54) is 0 Å². The van der Waals surface area contributed by atoms with E-state index in [1.54, 1.807) is 38.5 Å². The second-order valence-corrected chi connectivity index (χ2v) is 4.93. The average molecular weight is 300 g/mol. The monoisotopic (exact) mass is 300 g/mol. The highest BCUT2D eigenvalue weighted by Crippen LogP contribution is 2.27. The molecule has 0 bridgehead atoms. The van der Waals surface area contributed by atoms with Gasteiger partial charge in [0.05, 0.1) is 14.2 Å². The van der Waals surface area contributed by atoms with Gasteiger partial charge in [-0.25, -0.2) is 0 Å². The third-order valence-electron chi connectivity index (χ3n) is 3.63. The first-order valence-electron chi connectivity index (χ1n) is 7.12. The Morgan fingerprint density at radius 1 is 0.955 bits per heavy atom. The number of benzene rings is 2. The highest BCUT2D eigenvalue weighted by Gasteiger charge is 2.21. The molecular formula is C18H20O4. The molecule has 1 atom stereocenters. The van der Waals surface area contributed by atoms with Crippen LogP contribution in [-0.4, -0.2) is 31.7 Å². The first kappa shape index (κ1) is 16.0. The van der Waals surface area contributed by atoms with Gasteiger partial charge in [-0.15, -0.1) is 0 Å². The van der Waals surface area contributed by atoms with Gasteiger partial charge >= 0.3 is 0 Å². The van der Waals surface area contributed by atoms with Crippen LogP contribution < -0.4 is 9.47 Å². The lowest BCUT2D eigenvalue weighted by molar-refractivity contribution is 0.0943. The Morgan fingerprint density at radius 3 is 1.91 bits per heavy atom. The molecule has 0 aliphatic heterocycles. The third-order valence-corrected chi connectivity index (χ3v) is 3.63. The second-order valence-electron chi connectivity index (χ2n) is 4.93. The molecule has 0 heterocycles. The number of Topliss-reactive ketones (excluding diaryl/α,β-unsaturated/α-hetero) is 1. The van der Waals surface area contributed by atoms with Crippen molar-refractivity contribution in [3.8, 4) is 11.5 Å². The maximum absolute atomic E-state index is 12.7. The van der Waals surface area contributed by atoms with Gasteiger partial charge in [-0.2, -0.15) is 0 Å². The normalized spacial score (nSPS) is 11.8. The quantitative estimate of drug-likeness (QED) is 0.799. The third kappa shape index (κ3) is 3.65. The van der Waals surface area contributed by atoms with Gasteiger partial charge in [-0.05, 0) is 48.4 Å². The summed E-state index contributed by atoms with van der Waals surface area (Å²) in [5.41, 5.74) is 1.48. The van der Waals surface area contributed by atoms with Crippen LogP contribution in [0.5, 0.6) is 11.5 Å². The predicted octanol–water partition coefficient (Wildman–Crippen LogP) is 3.05. The van der Waals surface area contributed by atoms with Crippen LogP contribution in [0, 0.1) is 0 Å².